The van der Waals surface area contributed by atoms with E-state index >= 15 is 0 Å². The second-order valence-corrected chi connectivity index (χ2v) is 8.78. The lowest BCUT2D eigenvalue weighted by atomic mass is 9.85. The second-order valence-electron chi connectivity index (χ2n) is 7.91. The summed E-state index contributed by atoms with van der Waals surface area (Å²) in [5, 5.41) is 6.70. The molecule has 168 valence electrons. The van der Waals surface area contributed by atoms with Crippen molar-refractivity contribution in [2.75, 3.05) is 5.32 Å². The van der Waals surface area contributed by atoms with E-state index in [4.69, 9.17) is 28.0 Å². The zero-order valence-corrected chi connectivity index (χ0v) is 18.3. The van der Waals surface area contributed by atoms with Gasteiger partial charge in [-0.15, -0.1) is 0 Å². The summed E-state index contributed by atoms with van der Waals surface area (Å²) in [6.07, 6.45) is 0.665. The third-order valence-electron chi connectivity index (χ3n) is 5.63. The average molecular weight is 483 g/mol. The Kier molecular flexibility index (Phi) is 6.23. The molecule has 1 atom stereocenters. The van der Waals surface area contributed by atoms with E-state index in [1.165, 1.54) is 24.3 Å². The smallest absolute Gasteiger partial charge is 0.374 e. The number of benzene rings is 2. The van der Waals surface area contributed by atoms with Gasteiger partial charge in [0.15, 0.2) is 0 Å². The van der Waals surface area contributed by atoms with Crippen molar-refractivity contribution in [1.29, 1.82) is 0 Å². The van der Waals surface area contributed by atoms with E-state index < -0.39 is 18.2 Å². The van der Waals surface area contributed by atoms with E-state index in [9.17, 15) is 18.0 Å². The Hall–Kier alpha value is -2.51. The molecule has 1 heterocycles. The molecule has 9 heteroatoms. The van der Waals surface area contributed by atoms with Crippen molar-refractivity contribution in [3.63, 3.8) is 0 Å². The maximum Gasteiger partial charge on any atom is 0.435 e. The molecule has 0 saturated heterocycles. The Labute approximate surface area is 193 Å². The highest BCUT2D eigenvalue weighted by atomic mass is 35.5. The molecule has 0 aromatic heterocycles. The van der Waals surface area contributed by atoms with Crippen LogP contribution in [0.3, 0.4) is 0 Å². The Bertz CT molecular complexity index is 1080. The largest absolute Gasteiger partial charge is 0.435 e. The van der Waals surface area contributed by atoms with E-state index in [0.29, 0.717) is 11.3 Å². The number of halogens is 5. The van der Waals surface area contributed by atoms with Gasteiger partial charge in [-0.2, -0.15) is 13.2 Å². The fourth-order valence-electron chi connectivity index (χ4n) is 3.63. The maximum atomic E-state index is 14.0. The van der Waals surface area contributed by atoms with E-state index in [1.807, 2.05) is 0 Å². The monoisotopic (exact) mass is 482 g/mol. The molecule has 0 bridgehead atoms. The molecule has 1 unspecified atom stereocenters. The van der Waals surface area contributed by atoms with E-state index in [2.05, 4.69) is 10.5 Å². The predicted molar refractivity (Wildman–Crippen MR) is 119 cm³/mol. The first-order chi connectivity index (χ1) is 15.2. The van der Waals surface area contributed by atoms with E-state index in [0.717, 1.165) is 19.3 Å². The van der Waals surface area contributed by atoms with Crippen LogP contribution in [0.2, 0.25) is 10.0 Å². The third-order valence-corrected chi connectivity index (χ3v) is 6.07. The minimum absolute atomic E-state index is 0.0129. The van der Waals surface area contributed by atoms with Gasteiger partial charge in [0.1, 0.15) is 0 Å². The number of oxime groups is 1. The third kappa shape index (κ3) is 4.64. The van der Waals surface area contributed by atoms with E-state index in [1.54, 1.807) is 30.3 Å². The lowest BCUT2D eigenvalue weighted by Gasteiger charge is -2.29. The lowest BCUT2D eigenvalue weighted by molar-refractivity contribution is -0.275. The quantitative estimate of drug-likeness (QED) is 0.499. The molecule has 0 radical (unpaired) electrons. The topological polar surface area (TPSA) is 50.7 Å². The van der Waals surface area contributed by atoms with Crippen molar-refractivity contribution in [2.24, 2.45) is 11.1 Å². The van der Waals surface area contributed by atoms with Crippen LogP contribution in [0.25, 0.3) is 6.08 Å². The van der Waals surface area contributed by atoms with Gasteiger partial charge < -0.3 is 10.2 Å². The number of alkyl halides is 3. The van der Waals surface area contributed by atoms with Crippen molar-refractivity contribution in [2.45, 2.75) is 37.5 Å². The molecule has 0 spiro atoms. The van der Waals surface area contributed by atoms with Crippen molar-refractivity contribution < 1.29 is 22.8 Å². The van der Waals surface area contributed by atoms with E-state index in [-0.39, 0.29) is 33.1 Å². The molecule has 1 amide bonds. The standard InChI is InChI=1S/C23H19Cl2F3N2O2/c24-17-10-16(11-18(25)12-17)22(23(26,27)28)13-20(30-32-22)8-7-14-3-1-6-19(9-14)29-21(31)15-4-2-5-15/h1,3,6-12,15H,2,4-5,13H2,(H,29,31)/b8-7-. The predicted octanol–water partition coefficient (Wildman–Crippen LogP) is 6.98. The molecule has 2 aromatic carbocycles. The SMILES string of the molecule is O=C(Nc1cccc(/C=C\C2=NOC(c3cc(Cl)cc(Cl)c3)(C(F)(F)F)C2)c1)C1CCC1. The minimum atomic E-state index is -4.74. The Morgan fingerprint density at radius 1 is 1.12 bits per heavy atom. The highest BCUT2D eigenvalue weighted by Gasteiger charge is 2.62. The molecule has 1 N–H and O–H groups in total. The summed E-state index contributed by atoms with van der Waals surface area (Å²) in [7, 11) is 0. The highest BCUT2D eigenvalue weighted by molar-refractivity contribution is 6.34. The summed E-state index contributed by atoms with van der Waals surface area (Å²) in [4.78, 5) is 17.1. The summed E-state index contributed by atoms with van der Waals surface area (Å²) in [6.45, 7) is 0. The lowest BCUT2D eigenvalue weighted by Crippen LogP contribution is -2.42. The molecule has 2 aromatic rings. The number of carbonyl (C=O) groups is 1. The molecule has 1 aliphatic heterocycles. The number of nitrogens with zero attached hydrogens (tertiary/aromatic N) is 1. The number of hydrogen-bond donors (Lipinski definition) is 1. The molecule has 1 saturated carbocycles. The fraction of sp³-hybridized carbons (Fsp3) is 0.304. The zero-order valence-electron chi connectivity index (χ0n) is 16.8. The molecule has 2 aliphatic rings. The van der Waals surface area contributed by atoms with Crippen LogP contribution in [-0.2, 0) is 15.2 Å². The summed E-state index contributed by atoms with van der Waals surface area (Å²) in [5.41, 5.74) is -1.43. The first kappa shape index (κ1) is 22.7. The van der Waals surface area contributed by atoms with Crippen LogP contribution < -0.4 is 5.32 Å². The second kappa shape index (κ2) is 8.79. The van der Waals surface area contributed by atoms with Gasteiger partial charge in [0.2, 0.25) is 5.91 Å². The minimum Gasteiger partial charge on any atom is -0.374 e. The number of carbonyl (C=O) groups excluding carboxylic acids is 1. The van der Waals surface area contributed by atoms with Crippen LogP contribution in [0.15, 0.2) is 53.7 Å². The van der Waals surface area contributed by atoms with Gasteiger partial charge in [0.25, 0.3) is 5.60 Å². The van der Waals surface area contributed by atoms with Crippen LogP contribution in [0.5, 0.6) is 0 Å². The van der Waals surface area contributed by atoms with Crippen molar-refractivity contribution in [3.05, 3.63) is 69.7 Å². The van der Waals surface area contributed by atoms with Crippen LogP contribution >= 0.6 is 23.2 Å². The van der Waals surface area contributed by atoms with Gasteiger partial charge in [-0.1, -0.05) is 53.0 Å². The summed E-state index contributed by atoms with van der Waals surface area (Å²) >= 11 is 11.8. The van der Waals surface area contributed by atoms with Crippen LogP contribution in [0.1, 0.15) is 36.8 Å². The number of nitrogens with one attached hydrogen (secondary N) is 1. The zero-order chi connectivity index (χ0) is 22.9. The van der Waals surface area contributed by atoms with Crippen molar-refractivity contribution in [1.82, 2.24) is 0 Å². The first-order valence-corrected chi connectivity index (χ1v) is 10.8. The van der Waals surface area contributed by atoms with Gasteiger partial charge >= 0.3 is 6.18 Å². The number of rotatable bonds is 5. The molecular formula is C23H19Cl2F3N2O2. The Morgan fingerprint density at radius 2 is 1.84 bits per heavy atom. The van der Waals surface area contributed by atoms with Gasteiger partial charge in [-0.3, -0.25) is 4.79 Å². The number of allylic oxidation sites excluding steroid dienone is 1. The highest BCUT2D eigenvalue weighted by Crippen LogP contribution is 2.49. The average Bonchev–Trinajstić information content (AvgIpc) is 3.10. The van der Waals surface area contributed by atoms with Gasteiger partial charge in [0, 0.05) is 33.6 Å². The Morgan fingerprint density at radius 3 is 2.47 bits per heavy atom. The molecule has 4 nitrogen and oxygen atoms in total. The number of anilines is 1. The normalized spacial score (nSPS) is 21.2. The molecule has 1 aliphatic carbocycles. The number of hydrogen-bond acceptors (Lipinski definition) is 3. The first-order valence-electron chi connectivity index (χ1n) is 10.0. The maximum absolute atomic E-state index is 14.0. The Balaban J connectivity index is 1.51. The van der Waals surface area contributed by atoms with Crippen molar-refractivity contribution >= 4 is 46.6 Å². The van der Waals surface area contributed by atoms with Gasteiger partial charge in [-0.25, -0.2) is 0 Å². The summed E-state index contributed by atoms with van der Waals surface area (Å²) in [6, 6.07) is 10.8. The van der Waals surface area contributed by atoms with Crippen LogP contribution in [0.4, 0.5) is 18.9 Å². The molecule has 32 heavy (non-hydrogen) atoms. The number of amides is 1. The fourth-order valence-corrected chi connectivity index (χ4v) is 4.16. The molecular weight excluding hydrogens is 464 g/mol. The molecule has 1 fully saturated rings. The van der Waals surface area contributed by atoms with Crippen LogP contribution in [-0.4, -0.2) is 17.8 Å². The van der Waals surface area contributed by atoms with Crippen LogP contribution in [0, 0.1) is 5.92 Å². The summed E-state index contributed by atoms with van der Waals surface area (Å²) < 4.78 is 42.1. The van der Waals surface area contributed by atoms with Gasteiger partial charge in [-0.05, 0) is 54.8 Å². The summed E-state index contributed by atoms with van der Waals surface area (Å²) in [5.74, 6) is 0.0377. The van der Waals surface area contributed by atoms with Gasteiger partial charge in [0.05, 0.1) is 5.71 Å². The molecule has 4 rings (SSSR count). The van der Waals surface area contributed by atoms with Crippen molar-refractivity contribution in [3.8, 4) is 0 Å².